The fourth-order valence-electron chi connectivity index (χ4n) is 1.71. The van der Waals surface area contributed by atoms with E-state index in [1.54, 1.807) is 0 Å². The SMILES string of the molecule is CCCCOCC(O)CNCc1ccccc1C. The van der Waals surface area contributed by atoms with Crippen molar-refractivity contribution in [3.63, 3.8) is 0 Å². The lowest BCUT2D eigenvalue weighted by Crippen LogP contribution is -2.30. The van der Waals surface area contributed by atoms with Crippen LogP contribution in [0, 0.1) is 6.92 Å². The quantitative estimate of drug-likeness (QED) is 0.662. The van der Waals surface area contributed by atoms with E-state index in [9.17, 15) is 5.11 Å². The standard InChI is InChI=1S/C15H25NO2/c1-3-4-9-18-12-15(17)11-16-10-14-8-6-5-7-13(14)2/h5-8,15-17H,3-4,9-12H2,1-2H3. The molecule has 3 heteroatoms. The molecule has 0 aliphatic heterocycles. The van der Waals surface area contributed by atoms with Crippen LogP contribution < -0.4 is 5.32 Å². The van der Waals surface area contributed by atoms with E-state index in [2.05, 4.69) is 31.3 Å². The maximum absolute atomic E-state index is 9.71. The summed E-state index contributed by atoms with van der Waals surface area (Å²) in [5.74, 6) is 0. The Balaban J connectivity index is 2.12. The van der Waals surface area contributed by atoms with Crippen molar-refractivity contribution in [1.29, 1.82) is 0 Å². The monoisotopic (exact) mass is 251 g/mol. The highest BCUT2D eigenvalue weighted by Crippen LogP contribution is 2.05. The Bertz CT molecular complexity index is 328. The molecule has 1 aromatic rings. The molecule has 0 spiro atoms. The summed E-state index contributed by atoms with van der Waals surface area (Å²) >= 11 is 0. The molecule has 0 heterocycles. The van der Waals surface area contributed by atoms with Gasteiger partial charge in [-0.25, -0.2) is 0 Å². The van der Waals surface area contributed by atoms with Gasteiger partial charge in [-0.1, -0.05) is 37.6 Å². The lowest BCUT2D eigenvalue weighted by atomic mass is 10.1. The largest absolute Gasteiger partial charge is 0.389 e. The molecule has 1 unspecified atom stereocenters. The third-order valence-electron chi connectivity index (χ3n) is 2.91. The highest BCUT2D eigenvalue weighted by Gasteiger charge is 2.04. The van der Waals surface area contributed by atoms with E-state index in [-0.39, 0.29) is 0 Å². The van der Waals surface area contributed by atoms with E-state index in [1.807, 2.05) is 12.1 Å². The molecule has 0 aliphatic carbocycles. The summed E-state index contributed by atoms with van der Waals surface area (Å²) < 4.78 is 5.37. The van der Waals surface area contributed by atoms with Crippen molar-refractivity contribution in [2.75, 3.05) is 19.8 Å². The molecule has 2 N–H and O–H groups in total. The Morgan fingerprint density at radius 1 is 1.33 bits per heavy atom. The van der Waals surface area contributed by atoms with Crippen molar-refractivity contribution in [1.82, 2.24) is 5.32 Å². The number of aliphatic hydroxyl groups is 1. The number of nitrogens with one attached hydrogen (secondary N) is 1. The second-order valence-corrected chi connectivity index (χ2v) is 4.64. The van der Waals surface area contributed by atoms with Gasteiger partial charge in [-0.3, -0.25) is 0 Å². The smallest absolute Gasteiger partial charge is 0.0897 e. The van der Waals surface area contributed by atoms with Crippen LogP contribution in [0.15, 0.2) is 24.3 Å². The lowest BCUT2D eigenvalue weighted by molar-refractivity contribution is 0.0358. The molecule has 1 rings (SSSR count). The van der Waals surface area contributed by atoms with Crippen LogP contribution in [0.5, 0.6) is 0 Å². The lowest BCUT2D eigenvalue weighted by Gasteiger charge is -2.13. The van der Waals surface area contributed by atoms with Gasteiger partial charge in [0.15, 0.2) is 0 Å². The van der Waals surface area contributed by atoms with Gasteiger partial charge in [0.05, 0.1) is 12.7 Å². The fraction of sp³-hybridized carbons (Fsp3) is 0.600. The van der Waals surface area contributed by atoms with Gasteiger partial charge in [-0.2, -0.15) is 0 Å². The average Bonchev–Trinajstić information content (AvgIpc) is 2.37. The zero-order valence-corrected chi connectivity index (χ0v) is 11.5. The number of ether oxygens (including phenoxy) is 1. The summed E-state index contributed by atoms with van der Waals surface area (Å²) in [6, 6.07) is 8.28. The molecule has 0 radical (unpaired) electrons. The highest BCUT2D eigenvalue weighted by atomic mass is 16.5. The van der Waals surface area contributed by atoms with Gasteiger partial charge in [-0.15, -0.1) is 0 Å². The molecule has 0 saturated heterocycles. The first kappa shape index (κ1) is 15.2. The summed E-state index contributed by atoms with van der Waals surface area (Å²) in [7, 11) is 0. The number of unbranched alkanes of at least 4 members (excludes halogenated alkanes) is 1. The van der Waals surface area contributed by atoms with Crippen LogP contribution in [0.1, 0.15) is 30.9 Å². The summed E-state index contributed by atoms with van der Waals surface area (Å²) in [5.41, 5.74) is 2.55. The number of aliphatic hydroxyl groups excluding tert-OH is 1. The van der Waals surface area contributed by atoms with Gasteiger partial charge in [0.25, 0.3) is 0 Å². The van der Waals surface area contributed by atoms with Crippen LogP contribution in [0.25, 0.3) is 0 Å². The highest BCUT2D eigenvalue weighted by molar-refractivity contribution is 5.25. The molecule has 3 nitrogen and oxygen atoms in total. The van der Waals surface area contributed by atoms with E-state index in [4.69, 9.17) is 4.74 Å². The van der Waals surface area contributed by atoms with Crippen LogP contribution in [0.2, 0.25) is 0 Å². The Labute approximate surface area is 110 Å². The summed E-state index contributed by atoms with van der Waals surface area (Å²) in [4.78, 5) is 0. The van der Waals surface area contributed by atoms with Gasteiger partial charge < -0.3 is 15.2 Å². The Hall–Kier alpha value is -0.900. The second kappa shape index (κ2) is 9.09. The predicted octanol–water partition coefficient (Wildman–Crippen LogP) is 2.26. The minimum absolute atomic E-state index is 0.417. The Kier molecular flexibility index (Phi) is 7.65. The van der Waals surface area contributed by atoms with Gasteiger partial charge in [-0.05, 0) is 24.5 Å². The molecule has 0 amide bonds. The van der Waals surface area contributed by atoms with Gasteiger partial charge in [0.2, 0.25) is 0 Å². The molecular weight excluding hydrogens is 226 g/mol. The summed E-state index contributed by atoms with van der Waals surface area (Å²) in [5, 5.41) is 13.0. The zero-order valence-electron chi connectivity index (χ0n) is 11.5. The fourth-order valence-corrected chi connectivity index (χ4v) is 1.71. The molecule has 1 atom stereocenters. The molecule has 0 bridgehead atoms. The average molecular weight is 251 g/mol. The normalized spacial score (nSPS) is 12.6. The summed E-state index contributed by atoms with van der Waals surface area (Å²) in [6.45, 7) is 6.75. The molecule has 0 fully saturated rings. The van der Waals surface area contributed by atoms with Crippen LogP contribution >= 0.6 is 0 Å². The zero-order chi connectivity index (χ0) is 13.2. The van der Waals surface area contributed by atoms with Crippen molar-refractivity contribution >= 4 is 0 Å². The van der Waals surface area contributed by atoms with Crippen LogP contribution in [-0.2, 0) is 11.3 Å². The number of rotatable bonds is 9. The van der Waals surface area contributed by atoms with Crippen molar-refractivity contribution in [2.45, 2.75) is 39.3 Å². The molecular formula is C15H25NO2. The molecule has 18 heavy (non-hydrogen) atoms. The minimum Gasteiger partial charge on any atom is -0.389 e. The first-order chi connectivity index (χ1) is 8.74. The van der Waals surface area contributed by atoms with Crippen LogP contribution in [-0.4, -0.2) is 31.0 Å². The first-order valence-electron chi connectivity index (χ1n) is 6.75. The maximum Gasteiger partial charge on any atom is 0.0897 e. The molecule has 0 saturated carbocycles. The van der Waals surface area contributed by atoms with E-state index in [0.717, 1.165) is 26.0 Å². The van der Waals surface area contributed by atoms with Gasteiger partial charge >= 0.3 is 0 Å². The predicted molar refractivity (Wildman–Crippen MR) is 74.6 cm³/mol. The third-order valence-corrected chi connectivity index (χ3v) is 2.91. The number of hydrogen-bond donors (Lipinski definition) is 2. The maximum atomic E-state index is 9.71. The molecule has 102 valence electrons. The Morgan fingerprint density at radius 2 is 2.11 bits per heavy atom. The van der Waals surface area contributed by atoms with Crippen LogP contribution in [0.3, 0.4) is 0 Å². The number of benzene rings is 1. The molecule has 0 aromatic heterocycles. The third kappa shape index (κ3) is 6.15. The van der Waals surface area contributed by atoms with Gasteiger partial charge in [0.1, 0.15) is 0 Å². The van der Waals surface area contributed by atoms with E-state index >= 15 is 0 Å². The topological polar surface area (TPSA) is 41.5 Å². The van der Waals surface area contributed by atoms with E-state index in [1.165, 1.54) is 11.1 Å². The minimum atomic E-state index is -0.425. The van der Waals surface area contributed by atoms with Crippen molar-refractivity contribution < 1.29 is 9.84 Å². The number of aryl methyl sites for hydroxylation is 1. The van der Waals surface area contributed by atoms with Crippen LogP contribution in [0.4, 0.5) is 0 Å². The second-order valence-electron chi connectivity index (χ2n) is 4.64. The van der Waals surface area contributed by atoms with E-state index < -0.39 is 6.10 Å². The van der Waals surface area contributed by atoms with Crippen molar-refractivity contribution in [2.24, 2.45) is 0 Å². The van der Waals surface area contributed by atoms with Crippen molar-refractivity contribution in [3.8, 4) is 0 Å². The van der Waals surface area contributed by atoms with Gasteiger partial charge in [0, 0.05) is 19.7 Å². The first-order valence-corrected chi connectivity index (χ1v) is 6.75. The Morgan fingerprint density at radius 3 is 2.83 bits per heavy atom. The molecule has 0 aliphatic rings. The van der Waals surface area contributed by atoms with E-state index in [0.29, 0.717) is 13.2 Å². The number of hydrogen-bond acceptors (Lipinski definition) is 3. The molecule has 1 aromatic carbocycles. The summed E-state index contributed by atoms with van der Waals surface area (Å²) in [6.07, 6.45) is 1.76. The van der Waals surface area contributed by atoms with Crippen molar-refractivity contribution in [3.05, 3.63) is 35.4 Å².